The van der Waals surface area contributed by atoms with E-state index in [1.807, 2.05) is 13.0 Å². The highest BCUT2D eigenvalue weighted by Gasteiger charge is 2.48. The number of fused-ring (bicyclic) bond motifs is 2. The van der Waals surface area contributed by atoms with Gasteiger partial charge in [0.2, 0.25) is 5.91 Å². The summed E-state index contributed by atoms with van der Waals surface area (Å²) in [6, 6.07) is 5.07. The Morgan fingerprint density at radius 3 is 2.71 bits per heavy atom. The predicted molar refractivity (Wildman–Crippen MR) is 84.4 cm³/mol. The fourth-order valence-electron chi connectivity index (χ4n) is 3.75. The van der Waals surface area contributed by atoms with Crippen LogP contribution in [0.25, 0.3) is 0 Å². The Kier molecular flexibility index (Phi) is 4.59. The highest BCUT2D eigenvalue weighted by Crippen LogP contribution is 2.51. The van der Waals surface area contributed by atoms with Crippen LogP contribution in [0.15, 0.2) is 18.2 Å². The van der Waals surface area contributed by atoms with Crippen molar-refractivity contribution in [2.45, 2.75) is 38.0 Å². The summed E-state index contributed by atoms with van der Waals surface area (Å²) in [5.74, 6) is -0.370. The minimum absolute atomic E-state index is 0. The number of amides is 1. The maximum atomic E-state index is 14.3. The maximum absolute atomic E-state index is 14.3. The van der Waals surface area contributed by atoms with Crippen LogP contribution in [0.1, 0.15) is 38.2 Å². The van der Waals surface area contributed by atoms with Gasteiger partial charge in [0, 0.05) is 30.0 Å². The summed E-state index contributed by atoms with van der Waals surface area (Å²) in [6.07, 6.45) is 4.17. The number of hydrogen-bond donors (Lipinski definition) is 1. The molecule has 0 bridgehead atoms. The summed E-state index contributed by atoms with van der Waals surface area (Å²) in [6.45, 7) is 2.78. The van der Waals surface area contributed by atoms with Crippen LogP contribution in [0.3, 0.4) is 0 Å². The van der Waals surface area contributed by atoms with Crippen LogP contribution < -0.4 is 10.6 Å². The Morgan fingerprint density at radius 2 is 2.10 bits per heavy atom. The van der Waals surface area contributed by atoms with Gasteiger partial charge >= 0.3 is 0 Å². The number of halogens is 2. The predicted octanol–water partition coefficient (Wildman–Crippen LogP) is 3.00. The van der Waals surface area contributed by atoms with Gasteiger partial charge in [0.1, 0.15) is 5.82 Å². The third-order valence-electron chi connectivity index (χ3n) is 4.88. The van der Waals surface area contributed by atoms with Crippen molar-refractivity contribution in [3.63, 3.8) is 0 Å². The molecule has 1 heterocycles. The fourth-order valence-corrected chi connectivity index (χ4v) is 3.75. The second-order valence-corrected chi connectivity index (χ2v) is 6.18. The summed E-state index contributed by atoms with van der Waals surface area (Å²) in [5.41, 5.74) is 6.97. The number of hydrogen-bond acceptors (Lipinski definition) is 2. The SMILES string of the molecule is CC(CN)C(=O)N1CC2(CCCC2)c2c(F)cccc21.Cl. The van der Waals surface area contributed by atoms with Crippen LogP contribution in [0.2, 0.25) is 0 Å². The zero-order valence-electron chi connectivity index (χ0n) is 12.3. The van der Waals surface area contributed by atoms with Crippen LogP contribution >= 0.6 is 12.4 Å². The van der Waals surface area contributed by atoms with Gasteiger partial charge in [-0.1, -0.05) is 25.8 Å². The molecular formula is C16H22ClFN2O. The third kappa shape index (κ3) is 2.44. The van der Waals surface area contributed by atoms with E-state index in [1.165, 1.54) is 6.07 Å². The van der Waals surface area contributed by atoms with Crippen molar-refractivity contribution < 1.29 is 9.18 Å². The van der Waals surface area contributed by atoms with E-state index in [1.54, 1.807) is 11.0 Å². The number of nitrogens with zero attached hydrogens (tertiary/aromatic N) is 1. The summed E-state index contributed by atoms with van der Waals surface area (Å²) in [7, 11) is 0. The molecule has 1 aliphatic carbocycles. The van der Waals surface area contributed by atoms with E-state index in [0.717, 1.165) is 36.9 Å². The molecule has 116 valence electrons. The second-order valence-electron chi connectivity index (χ2n) is 6.18. The van der Waals surface area contributed by atoms with Gasteiger partial charge in [-0.2, -0.15) is 0 Å². The van der Waals surface area contributed by atoms with Crippen LogP contribution in [-0.2, 0) is 10.2 Å². The first-order chi connectivity index (χ1) is 9.59. The summed E-state index contributed by atoms with van der Waals surface area (Å²) < 4.78 is 14.3. The molecule has 1 amide bonds. The van der Waals surface area contributed by atoms with Crippen molar-refractivity contribution in [2.24, 2.45) is 11.7 Å². The lowest BCUT2D eigenvalue weighted by Gasteiger charge is -2.26. The third-order valence-corrected chi connectivity index (χ3v) is 4.88. The van der Waals surface area contributed by atoms with Gasteiger partial charge in [0.25, 0.3) is 0 Å². The van der Waals surface area contributed by atoms with Gasteiger partial charge in [-0.25, -0.2) is 4.39 Å². The first kappa shape index (κ1) is 16.2. The molecule has 1 aromatic carbocycles. The molecule has 1 fully saturated rings. The monoisotopic (exact) mass is 312 g/mol. The molecule has 5 heteroatoms. The van der Waals surface area contributed by atoms with E-state index in [-0.39, 0.29) is 35.5 Å². The molecule has 0 saturated heterocycles. The van der Waals surface area contributed by atoms with Crippen LogP contribution in [-0.4, -0.2) is 19.0 Å². The largest absolute Gasteiger partial charge is 0.330 e. The van der Waals surface area contributed by atoms with Gasteiger partial charge in [0.05, 0.1) is 5.69 Å². The minimum Gasteiger partial charge on any atom is -0.330 e. The molecule has 2 aliphatic rings. The smallest absolute Gasteiger partial charge is 0.231 e. The van der Waals surface area contributed by atoms with Crippen molar-refractivity contribution in [3.8, 4) is 0 Å². The number of anilines is 1. The van der Waals surface area contributed by atoms with E-state index in [9.17, 15) is 9.18 Å². The average molecular weight is 313 g/mol. The molecule has 1 aliphatic heterocycles. The van der Waals surface area contributed by atoms with Crippen molar-refractivity contribution >= 4 is 24.0 Å². The van der Waals surface area contributed by atoms with Gasteiger partial charge in [-0.15, -0.1) is 12.4 Å². The number of benzene rings is 1. The molecular weight excluding hydrogens is 291 g/mol. The van der Waals surface area contributed by atoms with Gasteiger partial charge < -0.3 is 10.6 Å². The molecule has 1 saturated carbocycles. The molecule has 2 N–H and O–H groups in total. The van der Waals surface area contributed by atoms with Crippen molar-refractivity contribution in [1.82, 2.24) is 0 Å². The van der Waals surface area contributed by atoms with E-state index in [2.05, 4.69) is 0 Å². The van der Waals surface area contributed by atoms with E-state index >= 15 is 0 Å². The van der Waals surface area contributed by atoms with E-state index in [0.29, 0.717) is 13.1 Å². The molecule has 3 nitrogen and oxygen atoms in total. The Hall–Kier alpha value is -1.13. The van der Waals surface area contributed by atoms with Crippen LogP contribution in [0.5, 0.6) is 0 Å². The highest BCUT2D eigenvalue weighted by atomic mass is 35.5. The lowest BCUT2D eigenvalue weighted by Crippen LogP contribution is -2.40. The molecule has 1 spiro atoms. The van der Waals surface area contributed by atoms with Crippen LogP contribution in [0, 0.1) is 11.7 Å². The molecule has 1 unspecified atom stereocenters. The van der Waals surface area contributed by atoms with Gasteiger partial charge in [0.15, 0.2) is 0 Å². The molecule has 1 atom stereocenters. The summed E-state index contributed by atoms with van der Waals surface area (Å²) in [4.78, 5) is 14.3. The second kappa shape index (κ2) is 5.93. The van der Waals surface area contributed by atoms with E-state index < -0.39 is 0 Å². The van der Waals surface area contributed by atoms with Gasteiger partial charge in [-0.3, -0.25) is 4.79 Å². The minimum atomic E-state index is -0.220. The molecule has 1 aromatic rings. The maximum Gasteiger partial charge on any atom is 0.231 e. The van der Waals surface area contributed by atoms with Crippen molar-refractivity contribution in [1.29, 1.82) is 0 Å². The highest BCUT2D eigenvalue weighted by molar-refractivity contribution is 5.97. The van der Waals surface area contributed by atoms with Crippen LogP contribution in [0.4, 0.5) is 10.1 Å². The number of nitrogens with two attached hydrogens (primary N) is 1. The summed E-state index contributed by atoms with van der Waals surface area (Å²) in [5, 5.41) is 0. The first-order valence-corrected chi connectivity index (χ1v) is 7.39. The Balaban J connectivity index is 0.00000161. The number of carbonyl (C=O) groups is 1. The number of rotatable bonds is 2. The molecule has 0 aromatic heterocycles. The normalized spacial score (nSPS) is 20.2. The number of carbonyl (C=O) groups excluding carboxylic acids is 1. The quantitative estimate of drug-likeness (QED) is 0.912. The molecule has 3 rings (SSSR count). The Morgan fingerprint density at radius 1 is 1.43 bits per heavy atom. The van der Waals surface area contributed by atoms with Crippen molar-refractivity contribution in [2.75, 3.05) is 18.0 Å². The zero-order chi connectivity index (χ0) is 14.3. The van der Waals surface area contributed by atoms with Gasteiger partial charge in [-0.05, 0) is 25.0 Å². The fraction of sp³-hybridized carbons (Fsp3) is 0.562. The van der Waals surface area contributed by atoms with E-state index in [4.69, 9.17) is 5.73 Å². The molecule has 21 heavy (non-hydrogen) atoms. The lowest BCUT2D eigenvalue weighted by molar-refractivity contribution is -0.121. The molecule has 0 radical (unpaired) electrons. The standard InChI is InChI=1S/C16H21FN2O.ClH/c1-11(9-18)15(20)19-10-16(7-2-3-8-16)14-12(17)5-4-6-13(14)19;/h4-6,11H,2-3,7-10,18H2,1H3;1H. The lowest BCUT2D eigenvalue weighted by atomic mass is 9.80. The average Bonchev–Trinajstić information content (AvgIpc) is 3.04. The summed E-state index contributed by atoms with van der Waals surface area (Å²) >= 11 is 0. The first-order valence-electron chi connectivity index (χ1n) is 7.39. The van der Waals surface area contributed by atoms with Crippen molar-refractivity contribution in [3.05, 3.63) is 29.6 Å². The Bertz CT molecular complexity index is 543. The zero-order valence-corrected chi connectivity index (χ0v) is 13.1. The topological polar surface area (TPSA) is 46.3 Å². The Labute approximate surface area is 131 Å².